The Bertz CT molecular complexity index is 1290. The number of aromatic nitrogens is 4. The summed E-state index contributed by atoms with van der Waals surface area (Å²) >= 11 is 0. The Hall–Kier alpha value is -3.47. The number of benzene rings is 1. The van der Waals surface area contributed by atoms with Crippen molar-refractivity contribution in [1.82, 2.24) is 25.1 Å². The molecule has 2 aromatic heterocycles. The maximum atomic E-state index is 12.6. The number of nitrogens with one attached hydrogen (secondary N) is 2. The highest BCUT2D eigenvalue weighted by Crippen LogP contribution is 2.40. The molecule has 0 spiro atoms. The summed E-state index contributed by atoms with van der Waals surface area (Å²) in [5, 5.41) is 10.2. The van der Waals surface area contributed by atoms with Gasteiger partial charge in [-0.1, -0.05) is 30.3 Å². The Balaban J connectivity index is 1.37. The molecule has 1 fully saturated rings. The molecule has 0 bridgehead atoms. The predicted molar refractivity (Wildman–Crippen MR) is 120 cm³/mol. The molecular weight excluding hydrogens is 444 g/mol. The molecule has 3 heterocycles. The number of fused-ring (bicyclic) bond motifs is 1. The smallest absolute Gasteiger partial charge is 0.410 e. The number of H-pyrrole nitrogens is 1. The maximum Gasteiger partial charge on any atom is 0.410 e. The monoisotopic (exact) mass is 468 g/mol. The number of amides is 1. The topological polar surface area (TPSA) is 130 Å². The molecule has 5 rings (SSSR count). The Labute approximate surface area is 191 Å². The van der Waals surface area contributed by atoms with Crippen molar-refractivity contribution in [2.75, 3.05) is 18.1 Å². The van der Waals surface area contributed by atoms with Crippen LogP contribution in [0.3, 0.4) is 0 Å². The standard InChI is InChI=1S/C22H24N6O4S/c1-33(30,31)21-23-18-12-28(22(29)32-13-14-5-3-2-4-6-14)10-9-16(18)20(25-21)24-19-11-17(26-27-19)15-7-8-15/h2-6,11,15H,7-10,12-13H2,1H3,(H2,23,24,25,26,27). The average Bonchev–Trinajstić information content (AvgIpc) is 3.56. The highest BCUT2D eigenvalue weighted by atomic mass is 32.2. The van der Waals surface area contributed by atoms with Crippen LogP contribution in [-0.4, -0.2) is 52.4 Å². The van der Waals surface area contributed by atoms with Gasteiger partial charge in [-0.25, -0.2) is 23.2 Å². The fourth-order valence-electron chi connectivity index (χ4n) is 3.77. The van der Waals surface area contributed by atoms with E-state index in [4.69, 9.17) is 4.74 Å². The minimum atomic E-state index is -3.66. The van der Waals surface area contributed by atoms with Crippen molar-refractivity contribution in [3.8, 4) is 0 Å². The van der Waals surface area contributed by atoms with E-state index in [0.717, 1.165) is 35.9 Å². The first-order chi connectivity index (χ1) is 15.9. The van der Waals surface area contributed by atoms with Crippen LogP contribution in [0, 0.1) is 0 Å². The number of anilines is 2. The maximum absolute atomic E-state index is 12.6. The van der Waals surface area contributed by atoms with Crippen LogP contribution in [0.25, 0.3) is 0 Å². The lowest BCUT2D eigenvalue weighted by molar-refractivity contribution is 0.0911. The van der Waals surface area contributed by atoms with Gasteiger partial charge in [0.2, 0.25) is 15.0 Å². The molecule has 2 aliphatic rings. The number of aromatic amines is 1. The van der Waals surface area contributed by atoms with Crippen molar-refractivity contribution in [3.05, 3.63) is 58.9 Å². The third-order valence-electron chi connectivity index (χ3n) is 5.70. The number of ether oxygens (including phenoxy) is 1. The van der Waals surface area contributed by atoms with Crippen molar-refractivity contribution in [2.45, 2.75) is 43.5 Å². The largest absolute Gasteiger partial charge is 0.445 e. The molecule has 0 unspecified atom stereocenters. The van der Waals surface area contributed by atoms with Crippen molar-refractivity contribution < 1.29 is 17.9 Å². The van der Waals surface area contributed by atoms with Crippen LogP contribution >= 0.6 is 0 Å². The van der Waals surface area contributed by atoms with Gasteiger partial charge < -0.3 is 15.0 Å². The molecule has 1 aliphatic carbocycles. The summed E-state index contributed by atoms with van der Waals surface area (Å²) in [4.78, 5) is 22.7. The Kier molecular flexibility index (Phi) is 5.49. The first-order valence-corrected chi connectivity index (χ1v) is 12.6. The zero-order chi connectivity index (χ0) is 23.0. The lowest BCUT2D eigenvalue weighted by atomic mass is 10.1. The van der Waals surface area contributed by atoms with Gasteiger partial charge >= 0.3 is 6.09 Å². The Morgan fingerprint density at radius 1 is 1.24 bits per heavy atom. The van der Waals surface area contributed by atoms with Gasteiger partial charge in [-0.05, 0) is 24.8 Å². The van der Waals surface area contributed by atoms with E-state index in [1.807, 2.05) is 36.4 Å². The highest BCUT2D eigenvalue weighted by Gasteiger charge is 2.29. The minimum absolute atomic E-state index is 0.135. The Morgan fingerprint density at radius 2 is 2.03 bits per heavy atom. The summed E-state index contributed by atoms with van der Waals surface area (Å²) in [7, 11) is -3.66. The molecule has 1 amide bonds. The van der Waals surface area contributed by atoms with Crippen LogP contribution in [-0.2, 0) is 34.1 Å². The minimum Gasteiger partial charge on any atom is -0.445 e. The fourth-order valence-corrected chi connectivity index (χ4v) is 4.30. The molecule has 3 aromatic rings. The molecule has 33 heavy (non-hydrogen) atoms. The van der Waals surface area contributed by atoms with Crippen molar-refractivity contribution in [1.29, 1.82) is 0 Å². The van der Waals surface area contributed by atoms with Crippen molar-refractivity contribution >= 4 is 27.6 Å². The Morgan fingerprint density at radius 3 is 2.76 bits per heavy atom. The lowest BCUT2D eigenvalue weighted by Gasteiger charge is -2.28. The van der Waals surface area contributed by atoms with E-state index in [0.29, 0.717) is 36.2 Å². The van der Waals surface area contributed by atoms with Crippen LogP contribution in [0.15, 0.2) is 41.6 Å². The lowest BCUT2D eigenvalue weighted by Crippen LogP contribution is -2.37. The van der Waals surface area contributed by atoms with E-state index >= 15 is 0 Å². The predicted octanol–water partition coefficient (Wildman–Crippen LogP) is 2.92. The zero-order valence-electron chi connectivity index (χ0n) is 18.1. The summed E-state index contributed by atoms with van der Waals surface area (Å²) in [5.41, 5.74) is 3.19. The molecule has 172 valence electrons. The third-order valence-corrected chi connectivity index (χ3v) is 6.55. The fraction of sp³-hybridized carbons (Fsp3) is 0.364. The first kappa shape index (κ1) is 21.4. The van der Waals surface area contributed by atoms with E-state index in [-0.39, 0.29) is 18.3 Å². The highest BCUT2D eigenvalue weighted by molar-refractivity contribution is 7.90. The van der Waals surface area contributed by atoms with E-state index in [1.54, 1.807) is 0 Å². The molecule has 0 radical (unpaired) electrons. The summed E-state index contributed by atoms with van der Waals surface area (Å²) in [6.07, 6.45) is 3.33. The van der Waals surface area contributed by atoms with Gasteiger partial charge in [-0.15, -0.1) is 0 Å². The quantitative estimate of drug-likeness (QED) is 0.528. The summed E-state index contributed by atoms with van der Waals surface area (Å²) in [6.45, 7) is 0.706. The van der Waals surface area contributed by atoms with Gasteiger partial charge in [-0.3, -0.25) is 5.10 Å². The second-order valence-corrected chi connectivity index (χ2v) is 10.3. The molecular formula is C22H24N6O4S. The number of hydrogen-bond acceptors (Lipinski definition) is 8. The summed E-state index contributed by atoms with van der Waals surface area (Å²) in [6, 6.07) is 11.3. The van der Waals surface area contributed by atoms with Crippen LogP contribution in [0.1, 0.15) is 41.3 Å². The number of rotatable bonds is 6. The van der Waals surface area contributed by atoms with Crippen molar-refractivity contribution in [2.24, 2.45) is 0 Å². The van der Waals surface area contributed by atoms with Crippen LogP contribution in [0.4, 0.5) is 16.4 Å². The summed E-state index contributed by atoms with van der Waals surface area (Å²) < 4.78 is 29.9. The number of hydrogen-bond donors (Lipinski definition) is 2. The molecule has 1 aliphatic heterocycles. The molecule has 0 saturated heterocycles. The van der Waals surface area contributed by atoms with Gasteiger partial charge in [0.05, 0.1) is 12.2 Å². The third kappa shape index (κ3) is 4.82. The van der Waals surface area contributed by atoms with E-state index in [1.165, 1.54) is 4.90 Å². The van der Waals surface area contributed by atoms with Gasteiger partial charge in [-0.2, -0.15) is 5.10 Å². The second kappa shape index (κ2) is 8.47. The second-order valence-electron chi connectivity index (χ2n) is 8.37. The SMILES string of the molecule is CS(=O)(=O)c1nc2c(c(Nc3cc(C4CC4)[nH]n3)n1)CCN(C(=O)OCc1ccccc1)C2. The van der Waals surface area contributed by atoms with Gasteiger partial charge in [0.1, 0.15) is 12.4 Å². The van der Waals surface area contributed by atoms with Crippen LogP contribution in [0.2, 0.25) is 0 Å². The van der Waals surface area contributed by atoms with Gasteiger partial charge in [0, 0.05) is 36.0 Å². The number of sulfone groups is 1. The molecule has 1 aromatic carbocycles. The average molecular weight is 469 g/mol. The first-order valence-electron chi connectivity index (χ1n) is 10.7. The normalized spacial score (nSPS) is 15.7. The van der Waals surface area contributed by atoms with Gasteiger partial charge in [0.15, 0.2) is 5.82 Å². The van der Waals surface area contributed by atoms with E-state index in [9.17, 15) is 13.2 Å². The van der Waals surface area contributed by atoms with E-state index in [2.05, 4.69) is 25.5 Å². The molecule has 1 saturated carbocycles. The van der Waals surface area contributed by atoms with Crippen LogP contribution in [0.5, 0.6) is 0 Å². The molecule has 0 atom stereocenters. The molecule has 11 heteroatoms. The summed E-state index contributed by atoms with van der Waals surface area (Å²) in [5.74, 6) is 1.47. The van der Waals surface area contributed by atoms with Gasteiger partial charge in [0.25, 0.3) is 0 Å². The van der Waals surface area contributed by atoms with Crippen LogP contribution < -0.4 is 5.32 Å². The van der Waals surface area contributed by atoms with E-state index < -0.39 is 15.9 Å². The zero-order valence-corrected chi connectivity index (χ0v) is 18.9. The number of carbonyl (C=O) groups is 1. The molecule has 2 N–H and O–H groups in total. The molecule has 10 nitrogen and oxygen atoms in total. The number of nitrogens with zero attached hydrogens (tertiary/aromatic N) is 4. The number of carbonyl (C=O) groups excluding carboxylic acids is 1. The van der Waals surface area contributed by atoms with Crippen molar-refractivity contribution in [3.63, 3.8) is 0 Å².